The molecule has 0 fully saturated rings. The van der Waals surface area contributed by atoms with Crippen molar-refractivity contribution in [3.63, 3.8) is 0 Å². The summed E-state index contributed by atoms with van der Waals surface area (Å²) in [6.07, 6.45) is 2.48. The van der Waals surface area contributed by atoms with Gasteiger partial charge in [0.2, 0.25) is 0 Å². The number of aromatic amines is 1. The van der Waals surface area contributed by atoms with Gasteiger partial charge in [0, 0.05) is 10.8 Å². The maximum absolute atomic E-state index is 10.2. The highest BCUT2D eigenvalue weighted by molar-refractivity contribution is 7.99. The van der Waals surface area contributed by atoms with Gasteiger partial charge < -0.3 is 10.1 Å². The molecule has 5 nitrogen and oxygen atoms in total. The van der Waals surface area contributed by atoms with Crippen LogP contribution in [0.2, 0.25) is 5.02 Å². The molecule has 3 rings (SSSR count). The number of fused-ring (bicyclic) bond motifs is 1. The van der Waals surface area contributed by atoms with Gasteiger partial charge in [-0.1, -0.05) is 23.7 Å². The number of H-pyrrole nitrogens is 1. The summed E-state index contributed by atoms with van der Waals surface area (Å²) in [4.78, 5) is 15.3. The van der Waals surface area contributed by atoms with E-state index in [-0.39, 0.29) is 0 Å². The van der Waals surface area contributed by atoms with Gasteiger partial charge >= 0.3 is 0 Å². The number of rotatable bonds is 4. The highest BCUT2D eigenvalue weighted by atomic mass is 35.5. The number of hydrogen-bond donors (Lipinski definition) is 2. The zero-order valence-electron chi connectivity index (χ0n) is 10.3. The fourth-order valence-corrected chi connectivity index (χ4v) is 2.84. The fourth-order valence-electron chi connectivity index (χ4n) is 1.79. The van der Waals surface area contributed by atoms with Gasteiger partial charge in [0.25, 0.3) is 0 Å². The second-order valence-electron chi connectivity index (χ2n) is 4.16. The molecule has 0 aliphatic rings. The molecule has 20 heavy (non-hydrogen) atoms. The first-order chi connectivity index (χ1) is 9.74. The number of nitrogens with one attached hydrogen (secondary N) is 1. The second kappa shape index (κ2) is 5.78. The molecule has 0 saturated carbocycles. The summed E-state index contributed by atoms with van der Waals surface area (Å²) < 4.78 is 0. The SMILES string of the molecule is OC(CSc1ncnc2nc[nH]c12)c1ccc(Cl)cc1. The van der Waals surface area contributed by atoms with Crippen molar-refractivity contribution in [2.75, 3.05) is 5.75 Å². The highest BCUT2D eigenvalue weighted by Gasteiger charge is 2.11. The number of aliphatic hydroxyl groups is 1. The van der Waals surface area contributed by atoms with E-state index < -0.39 is 6.10 Å². The van der Waals surface area contributed by atoms with Crippen LogP contribution in [0, 0.1) is 0 Å². The number of aromatic nitrogens is 4. The average Bonchev–Trinajstić information content (AvgIpc) is 2.94. The van der Waals surface area contributed by atoms with Crippen LogP contribution in [0.1, 0.15) is 11.7 Å². The molecule has 3 aromatic rings. The number of aliphatic hydroxyl groups excluding tert-OH is 1. The Bertz CT molecular complexity index is 716. The molecule has 1 unspecified atom stereocenters. The number of halogens is 1. The van der Waals surface area contributed by atoms with Gasteiger partial charge in [-0.25, -0.2) is 15.0 Å². The lowest BCUT2D eigenvalue weighted by molar-refractivity contribution is 0.204. The normalized spacial score (nSPS) is 12.7. The van der Waals surface area contributed by atoms with Crippen LogP contribution in [0.25, 0.3) is 11.2 Å². The Hall–Kier alpha value is -1.63. The molecule has 0 aliphatic heterocycles. The third kappa shape index (κ3) is 2.77. The van der Waals surface area contributed by atoms with Crippen molar-refractivity contribution in [2.45, 2.75) is 11.1 Å². The quantitative estimate of drug-likeness (QED) is 0.572. The molecule has 1 atom stereocenters. The summed E-state index contributed by atoms with van der Waals surface area (Å²) in [5.74, 6) is 0.493. The molecule has 0 aliphatic carbocycles. The lowest BCUT2D eigenvalue weighted by atomic mass is 10.1. The van der Waals surface area contributed by atoms with Gasteiger partial charge in [0.1, 0.15) is 16.9 Å². The Kier molecular flexibility index (Phi) is 3.86. The number of thioether (sulfide) groups is 1. The van der Waals surface area contributed by atoms with E-state index in [1.54, 1.807) is 18.5 Å². The molecule has 7 heteroatoms. The first-order valence-corrected chi connectivity index (χ1v) is 7.31. The summed E-state index contributed by atoms with van der Waals surface area (Å²) in [5.41, 5.74) is 2.25. The molecule has 2 N–H and O–H groups in total. The zero-order valence-corrected chi connectivity index (χ0v) is 11.9. The van der Waals surface area contributed by atoms with Crippen LogP contribution >= 0.6 is 23.4 Å². The van der Waals surface area contributed by atoms with Crippen LogP contribution in [0.4, 0.5) is 0 Å². The Morgan fingerprint density at radius 3 is 2.80 bits per heavy atom. The third-order valence-corrected chi connectivity index (χ3v) is 4.14. The molecule has 1 aromatic carbocycles. The molecule has 0 bridgehead atoms. The van der Waals surface area contributed by atoms with Crippen LogP contribution in [-0.2, 0) is 0 Å². The van der Waals surface area contributed by atoms with E-state index in [1.165, 1.54) is 18.1 Å². The van der Waals surface area contributed by atoms with Crippen LogP contribution < -0.4 is 0 Å². The first-order valence-electron chi connectivity index (χ1n) is 5.94. The van der Waals surface area contributed by atoms with Crippen molar-refractivity contribution >= 4 is 34.5 Å². The number of nitrogens with zero attached hydrogens (tertiary/aromatic N) is 3. The molecule has 2 aromatic heterocycles. The minimum absolute atomic E-state index is 0.493. The van der Waals surface area contributed by atoms with Gasteiger partial charge in [-0.05, 0) is 17.7 Å². The van der Waals surface area contributed by atoms with Gasteiger partial charge in [0.05, 0.1) is 12.4 Å². The van der Waals surface area contributed by atoms with Crippen LogP contribution in [0.15, 0.2) is 41.9 Å². The van der Waals surface area contributed by atoms with E-state index in [2.05, 4.69) is 19.9 Å². The lowest BCUT2D eigenvalue weighted by Crippen LogP contribution is -2.01. The van der Waals surface area contributed by atoms with Gasteiger partial charge in [0.15, 0.2) is 5.65 Å². The Balaban J connectivity index is 1.73. The maximum Gasteiger partial charge on any atom is 0.181 e. The van der Waals surface area contributed by atoms with Crippen molar-refractivity contribution in [3.05, 3.63) is 47.5 Å². The van der Waals surface area contributed by atoms with Crippen LogP contribution in [-0.4, -0.2) is 30.8 Å². The predicted molar refractivity (Wildman–Crippen MR) is 78.8 cm³/mol. The Morgan fingerprint density at radius 2 is 2.00 bits per heavy atom. The molecule has 0 radical (unpaired) electrons. The molecule has 0 saturated heterocycles. The van der Waals surface area contributed by atoms with E-state index in [9.17, 15) is 5.11 Å². The first kappa shape index (κ1) is 13.4. The third-order valence-electron chi connectivity index (χ3n) is 2.82. The number of imidazole rings is 1. The molecular formula is C13H11ClN4OS. The molecule has 0 spiro atoms. The molecular weight excluding hydrogens is 296 g/mol. The molecule has 0 amide bonds. The number of benzene rings is 1. The Labute approximate surface area is 124 Å². The highest BCUT2D eigenvalue weighted by Crippen LogP contribution is 2.27. The summed E-state index contributed by atoms with van der Waals surface area (Å²) in [7, 11) is 0. The number of hydrogen-bond acceptors (Lipinski definition) is 5. The zero-order chi connectivity index (χ0) is 13.9. The average molecular weight is 307 g/mol. The van der Waals surface area contributed by atoms with Crippen molar-refractivity contribution in [1.29, 1.82) is 0 Å². The van der Waals surface area contributed by atoms with E-state index >= 15 is 0 Å². The minimum atomic E-state index is -0.579. The maximum atomic E-state index is 10.2. The van der Waals surface area contributed by atoms with E-state index in [0.29, 0.717) is 16.4 Å². The topological polar surface area (TPSA) is 74.7 Å². The van der Waals surface area contributed by atoms with Crippen LogP contribution in [0.5, 0.6) is 0 Å². The Morgan fingerprint density at radius 1 is 1.20 bits per heavy atom. The summed E-state index contributed by atoms with van der Waals surface area (Å²) in [5, 5.41) is 11.6. The predicted octanol–water partition coefficient (Wildman–Crippen LogP) is 2.83. The van der Waals surface area contributed by atoms with Gasteiger partial charge in [-0.3, -0.25) is 0 Å². The summed E-state index contributed by atoms with van der Waals surface area (Å²) >= 11 is 7.28. The fraction of sp³-hybridized carbons (Fsp3) is 0.154. The minimum Gasteiger partial charge on any atom is -0.388 e. The van der Waals surface area contributed by atoms with Crippen molar-refractivity contribution < 1.29 is 5.11 Å². The second-order valence-corrected chi connectivity index (χ2v) is 5.60. The van der Waals surface area contributed by atoms with Crippen molar-refractivity contribution in [2.24, 2.45) is 0 Å². The van der Waals surface area contributed by atoms with Crippen molar-refractivity contribution in [1.82, 2.24) is 19.9 Å². The van der Waals surface area contributed by atoms with E-state index in [4.69, 9.17) is 11.6 Å². The smallest absolute Gasteiger partial charge is 0.181 e. The molecule has 2 heterocycles. The van der Waals surface area contributed by atoms with Gasteiger partial charge in [-0.2, -0.15) is 0 Å². The standard InChI is InChI=1S/C13H11ClN4OS/c14-9-3-1-8(2-4-9)10(19)5-20-13-11-12(16-6-15-11)17-7-18-13/h1-4,6-7,10,19H,5H2,(H,15,16,17,18). The van der Waals surface area contributed by atoms with Gasteiger partial charge in [-0.15, -0.1) is 11.8 Å². The van der Waals surface area contributed by atoms with Crippen LogP contribution in [0.3, 0.4) is 0 Å². The molecule has 102 valence electrons. The van der Waals surface area contributed by atoms with Crippen molar-refractivity contribution in [3.8, 4) is 0 Å². The summed E-state index contributed by atoms with van der Waals surface area (Å²) in [6, 6.07) is 7.17. The monoisotopic (exact) mass is 306 g/mol. The van der Waals surface area contributed by atoms with E-state index in [0.717, 1.165) is 16.1 Å². The lowest BCUT2D eigenvalue weighted by Gasteiger charge is -2.10. The summed E-state index contributed by atoms with van der Waals surface area (Å²) in [6.45, 7) is 0. The largest absolute Gasteiger partial charge is 0.388 e. The van der Waals surface area contributed by atoms with E-state index in [1.807, 2.05) is 12.1 Å².